The Hall–Kier alpha value is -2.79. The number of aromatic nitrogens is 1. The second kappa shape index (κ2) is 6.74. The number of aliphatic hydroxyl groups is 1. The highest BCUT2D eigenvalue weighted by molar-refractivity contribution is 5.92. The van der Waals surface area contributed by atoms with Crippen LogP contribution in [0.5, 0.6) is 5.75 Å². The van der Waals surface area contributed by atoms with E-state index in [1.54, 1.807) is 7.11 Å². The molecule has 1 aliphatic rings. The van der Waals surface area contributed by atoms with E-state index in [9.17, 15) is 9.90 Å². The molecule has 1 saturated carbocycles. The summed E-state index contributed by atoms with van der Waals surface area (Å²) in [6.07, 6.45) is 2.84. The van der Waals surface area contributed by atoms with Crippen LogP contribution in [0.15, 0.2) is 54.7 Å². The van der Waals surface area contributed by atoms with Gasteiger partial charge in [-0.15, -0.1) is 0 Å². The van der Waals surface area contributed by atoms with Gasteiger partial charge in [0, 0.05) is 30.9 Å². The first-order chi connectivity index (χ1) is 13.0. The number of para-hydroxylation sites is 1. The molecule has 0 saturated heterocycles. The van der Waals surface area contributed by atoms with Crippen molar-refractivity contribution in [3.8, 4) is 5.75 Å². The average Bonchev–Trinajstić information content (AvgIpc) is 3.44. The first-order valence-electron chi connectivity index (χ1n) is 9.20. The minimum atomic E-state index is -0.743. The lowest BCUT2D eigenvalue weighted by molar-refractivity contribution is -0.124. The van der Waals surface area contributed by atoms with Crippen LogP contribution in [0.3, 0.4) is 0 Å². The quantitative estimate of drug-likeness (QED) is 0.707. The normalized spacial score (nSPS) is 16.1. The van der Waals surface area contributed by atoms with Crippen LogP contribution >= 0.6 is 0 Å². The maximum Gasteiger partial charge on any atom is 0.230 e. The molecule has 27 heavy (non-hydrogen) atoms. The summed E-state index contributed by atoms with van der Waals surface area (Å²) in [7, 11) is 3.61. The van der Waals surface area contributed by atoms with Crippen LogP contribution in [-0.2, 0) is 17.3 Å². The maximum absolute atomic E-state index is 12.9. The number of benzene rings is 2. The van der Waals surface area contributed by atoms with E-state index in [0.29, 0.717) is 0 Å². The molecule has 1 amide bonds. The fraction of sp³-hybridized carbons (Fsp3) is 0.318. The van der Waals surface area contributed by atoms with Gasteiger partial charge < -0.3 is 19.7 Å². The van der Waals surface area contributed by atoms with Gasteiger partial charge in [0.25, 0.3) is 0 Å². The van der Waals surface area contributed by atoms with E-state index in [2.05, 4.69) is 5.32 Å². The summed E-state index contributed by atoms with van der Waals surface area (Å²) in [5.41, 5.74) is 2.31. The van der Waals surface area contributed by atoms with E-state index in [0.717, 1.165) is 40.6 Å². The average molecular weight is 364 g/mol. The molecule has 1 aliphatic carbocycles. The van der Waals surface area contributed by atoms with Gasteiger partial charge in [0.1, 0.15) is 5.75 Å². The van der Waals surface area contributed by atoms with Crippen LogP contribution in [0.4, 0.5) is 0 Å². The minimum Gasteiger partial charge on any atom is -0.496 e. The number of aryl methyl sites for hydroxylation is 1. The molecule has 0 spiro atoms. The summed E-state index contributed by atoms with van der Waals surface area (Å²) in [5.74, 6) is 0.687. The van der Waals surface area contributed by atoms with Crippen LogP contribution in [-0.4, -0.2) is 29.2 Å². The number of nitrogens with zero attached hydrogens (tertiary/aromatic N) is 1. The van der Waals surface area contributed by atoms with Gasteiger partial charge in [-0.1, -0.05) is 24.3 Å². The highest BCUT2D eigenvalue weighted by atomic mass is 16.5. The largest absolute Gasteiger partial charge is 0.496 e. The Labute approximate surface area is 158 Å². The van der Waals surface area contributed by atoms with Crippen molar-refractivity contribution in [2.45, 2.75) is 24.4 Å². The van der Waals surface area contributed by atoms with Gasteiger partial charge in [0.05, 0.1) is 18.6 Å². The van der Waals surface area contributed by atoms with Gasteiger partial charge in [0.15, 0.2) is 0 Å². The molecule has 0 bridgehead atoms. The molecule has 1 aromatic heterocycles. The molecule has 2 N–H and O–H groups in total. The van der Waals surface area contributed by atoms with Crippen LogP contribution in [0.1, 0.15) is 30.1 Å². The highest BCUT2D eigenvalue weighted by Gasteiger charge is 2.52. The lowest BCUT2D eigenvalue weighted by Gasteiger charge is -2.20. The number of ether oxygens (including phenoxy) is 1. The van der Waals surface area contributed by atoms with E-state index in [4.69, 9.17) is 4.74 Å². The summed E-state index contributed by atoms with van der Waals surface area (Å²) in [4.78, 5) is 12.9. The van der Waals surface area contributed by atoms with Crippen molar-refractivity contribution < 1.29 is 14.6 Å². The second-order valence-electron chi connectivity index (χ2n) is 7.25. The molecule has 4 rings (SSSR count). The van der Waals surface area contributed by atoms with Crippen molar-refractivity contribution >= 4 is 16.8 Å². The minimum absolute atomic E-state index is 0.0492. The molecule has 1 fully saturated rings. The number of aliphatic hydroxyl groups excluding tert-OH is 1. The Morgan fingerprint density at radius 3 is 2.78 bits per heavy atom. The SMILES string of the molecule is COc1ccccc1C1(C(=O)NC[C@H](O)c2ccc3c(ccn3C)c2)CC1. The van der Waals surface area contributed by atoms with Crippen LogP contribution < -0.4 is 10.1 Å². The fourth-order valence-electron chi connectivity index (χ4n) is 3.77. The summed E-state index contributed by atoms with van der Waals surface area (Å²) >= 11 is 0. The molecule has 0 unspecified atom stereocenters. The Balaban J connectivity index is 1.46. The molecule has 2 aromatic carbocycles. The van der Waals surface area contributed by atoms with E-state index in [1.165, 1.54) is 0 Å². The number of methoxy groups -OCH3 is 1. The molecule has 5 nitrogen and oxygen atoms in total. The van der Waals surface area contributed by atoms with Crippen LogP contribution in [0.25, 0.3) is 10.9 Å². The number of amides is 1. The number of rotatable bonds is 6. The smallest absolute Gasteiger partial charge is 0.230 e. The maximum atomic E-state index is 12.9. The number of nitrogens with one attached hydrogen (secondary N) is 1. The van der Waals surface area contributed by atoms with Crippen molar-refractivity contribution in [3.63, 3.8) is 0 Å². The van der Waals surface area contributed by atoms with Crippen molar-refractivity contribution in [1.29, 1.82) is 0 Å². The zero-order valence-corrected chi connectivity index (χ0v) is 15.6. The van der Waals surface area contributed by atoms with Gasteiger partial charge in [-0.05, 0) is 48.1 Å². The first-order valence-corrected chi connectivity index (χ1v) is 9.20. The van der Waals surface area contributed by atoms with Crippen molar-refractivity contribution in [2.75, 3.05) is 13.7 Å². The fourth-order valence-corrected chi connectivity index (χ4v) is 3.77. The van der Waals surface area contributed by atoms with Crippen LogP contribution in [0.2, 0.25) is 0 Å². The van der Waals surface area contributed by atoms with Crippen molar-refractivity contribution in [2.24, 2.45) is 7.05 Å². The van der Waals surface area contributed by atoms with Gasteiger partial charge in [-0.2, -0.15) is 0 Å². The van der Waals surface area contributed by atoms with Crippen molar-refractivity contribution in [3.05, 3.63) is 65.9 Å². The summed E-state index contributed by atoms with van der Waals surface area (Å²) in [5, 5.41) is 14.6. The van der Waals surface area contributed by atoms with E-state index in [-0.39, 0.29) is 12.5 Å². The first kappa shape index (κ1) is 17.6. The van der Waals surface area contributed by atoms with E-state index >= 15 is 0 Å². The zero-order chi connectivity index (χ0) is 19.0. The second-order valence-corrected chi connectivity index (χ2v) is 7.25. The molecule has 0 radical (unpaired) electrons. The third kappa shape index (κ3) is 3.08. The molecular formula is C22H24N2O3. The van der Waals surface area contributed by atoms with Crippen LogP contribution in [0, 0.1) is 0 Å². The molecule has 0 aliphatic heterocycles. The Bertz CT molecular complexity index is 988. The van der Waals surface area contributed by atoms with Gasteiger partial charge >= 0.3 is 0 Å². The van der Waals surface area contributed by atoms with E-state index < -0.39 is 11.5 Å². The monoisotopic (exact) mass is 364 g/mol. The Morgan fingerprint density at radius 2 is 2.04 bits per heavy atom. The van der Waals surface area contributed by atoms with Gasteiger partial charge in [0.2, 0.25) is 5.91 Å². The predicted molar refractivity (Wildman–Crippen MR) is 105 cm³/mol. The molecular weight excluding hydrogens is 340 g/mol. The zero-order valence-electron chi connectivity index (χ0n) is 15.6. The Kier molecular flexibility index (Phi) is 4.40. The molecule has 3 aromatic rings. The summed E-state index contributed by atoms with van der Waals surface area (Å²) in [6, 6.07) is 15.6. The number of carbonyl (C=O) groups excluding carboxylic acids is 1. The summed E-state index contributed by atoms with van der Waals surface area (Å²) in [6.45, 7) is 0.189. The lowest BCUT2D eigenvalue weighted by Crippen LogP contribution is -2.37. The van der Waals surface area contributed by atoms with Crippen molar-refractivity contribution in [1.82, 2.24) is 9.88 Å². The van der Waals surface area contributed by atoms with Gasteiger partial charge in [-0.3, -0.25) is 4.79 Å². The lowest BCUT2D eigenvalue weighted by atomic mass is 9.93. The standard InChI is InChI=1S/C22H24N2O3/c1-24-12-9-15-13-16(7-8-18(15)24)19(25)14-23-21(26)22(10-11-22)17-5-3-4-6-20(17)27-2/h3-9,12-13,19,25H,10-11,14H2,1-2H3,(H,23,26)/t19-/m0/s1. The third-order valence-corrected chi connectivity index (χ3v) is 5.56. The van der Waals surface area contributed by atoms with Gasteiger partial charge in [-0.25, -0.2) is 0 Å². The highest BCUT2D eigenvalue weighted by Crippen LogP contribution is 2.51. The topological polar surface area (TPSA) is 63.5 Å². The molecule has 140 valence electrons. The number of hydrogen-bond donors (Lipinski definition) is 2. The van der Waals surface area contributed by atoms with E-state index in [1.807, 2.05) is 66.3 Å². The number of carbonyl (C=O) groups is 1. The third-order valence-electron chi connectivity index (χ3n) is 5.56. The summed E-state index contributed by atoms with van der Waals surface area (Å²) < 4.78 is 7.47. The predicted octanol–water partition coefficient (Wildman–Crippen LogP) is 3.07. The number of hydrogen-bond acceptors (Lipinski definition) is 3. The molecule has 1 heterocycles. The molecule has 5 heteroatoms. The molecule has 1 atom stereocenters. The Morgan fingerprint density at radius 1 is 1.26 bits per heavy atom. The number of fused-ring (bicyclic) bond motifs is 1.